The molecule has 72 heavy (non-hydrogen) atoms. The Morgan fingerprint density at radius 1 is 0.278 bits per heavy atom. The molecule has 12 rings (SSSR count). The first kappa shape index (κ1) is 47.9. The number of rotatable bonds is 4. The Hall–Kier alpha value is -9.16. The van der Waals surface area contributed by atoms with Gasteiger partial charge in [-0.2, -0.15) is 0 Å². The number of H-pyrrole nitrogens is 4. The van der Waals surface area contributed by atoms with Crippen molar-refractivity contribution in [1.29, 1.82) is 0 Å². The Morgan fingerprint density at radius 3 is 0.639 bits per heavy atom. The molecule has 0 aliphatic carbocycles. The second-order valence-electron chi connectivity index (χ2n) is 18.3. The molecule has 0 saturated heterocycles. The molecule has 12 heteroatoms. The van der Waals surface area contributed by atoms with E-state index in [1.165, 1.54) is 27.7 Å². The van der Waals surface area contributed by atoms with Gasteiger partial charge in [0.05, 0.1) is 44.3 Å². The highest BCUT2D eigenvalue weighted by atomic mass is 16.3. The predicted octanol–water partition coefficient (Wildman–Crippen LogP) is 14.2. The summed E-state index contributed by atoms with van der Waals surface area (Å²) in [6.07, 6.45) is 0. The van der Waals surface area contributed by atoms with Gasteiger partial charge in [0.25, 0.3) is 0 Å². The fraction of sp³-hybridized carbons (Fsp3) is 0.133. The van der Waals surface area contributed by atoms with Gasteiger partial charge in [-0.15, -0.1) is 0 Å². The van der Waals surface area contributed by atoms with Crippen LogP contribution in [0, 0.1) is 27.7 Å². The Labute approximate surface area is 412 Å². The van der Waals surface area contributed by atoms with E-state index in [1.54, 1.807) is 24.3 Å². The zero-order valence-electron chi connectivity index (χ0n) is 41.0. The van der Waals surface area contributed by atoms with Gasteiger partial charge in [0.2, 0.25) is 0 Å². The Bertz CT molecular complexity index is 3680. The number of carbonyl (C=O) groups excluding carboxylic acids is 4. The minimum atomic E-state index is -0.134. The van der Waals surface area contributed by atoms with E-state index in [9.17, 15) is 39.6 Å². The van der Waals surface area contributed by atoms with Gasteiger partial charge in [0, 0.05) is 65.2 Å². The van der Waals surface area contributed by atoms with Crippen molar-refractivity contribution in [3.63, 3.8) is 0 Å². The lowest BCUT2D eigenvalue weighted by Gasteiger charge is -2.01. The van der Waals surface area contributed by atoms with Crippen LogP contribution in [0.15, 0.2) is 121 Å². The molecule has 0 saturated carbocycles. The SMILES string of the molecule is CC(=O)c1ccc2c([nH]c3c(C)cccc32)c1O.CC(=O)c1ccc2c([nH]c3c(C)cccc32)c1O.CC(=O)c1ccc2c([nH]c3c(C)cccc32)c1O.CC(=O)c1ccc2c([nH]c3c(C)cccc32)c1O. The van der Waals surface area contributed by atoms with Crippen molar-refractivity contribution in [3.8, 4) is 23.0 Å². The highest BCUT2D eigenvalue weighted by Crippen LogP contribution is 2.38. The normalized spacial score (nSPS) is 11.2. The van der Waals surface area contributed by atoms with Crippen LogP contribution >= 0.6 is 0 Å². The minimum Gasteiger partial charge on any atom is -0.505 e. The lowest BCUT2D eigenvalue weighted by molar-refractivity contribution is 0.100. The van der Waals surface area contributed by atoms with Crippen molar-refractivity contribution in [2.75, 3.05) is 0 Å². The van der Waals surface area contributed by atoms with Crippen LogP contribution < -0.4 is 0 Å². The van der Waals surface area contributed by atoms with Crippen LogP contribution in [0.3, 0.4) is 0 Å². The van der Waals surface area contributed by atoms with Crippen LogP contribution in [-0.2, 0) is 0 Å². The van der Waals surface area contributed by atoms with Gasteiger partial charge >= 0.3 is 0 Å². The number of carbonyl (C=O) groups is 4. The number of ketones is 4. The van der Waals surface area contributed by atoms with Crippen LogP contribution in [0.25, 0.3) is 87.2 Å². The first-order valence-corrected chi connectivity index (χ1v) is 23.3. The Kier molecular flexibility index (Phi) is 12.4. The summed E-state index contributed by atoms with van der Waals surface area (Å²) in [4.78, 5) is 58.5. The largest absolute Gasteiger partial charge is 0.505 e. The quantitative estimate of drug-likeness (QED) is 0.0793. The van der Waals surface area contributed by atoms with Gasteiger partial charge in [-0.3, -0.25) is 19.2 Å². The molecule has 4 heterocycles. The first-order valence-electron chi connectivity index (χ1n) is 23.3. The molecule has 4 aromatic heterocycles. The monoisotopic (exact) mass is 956 g/mol. The van der Waals surface area contributed by atoms with E-state index in [0.29, 0.717) is 44.3 Å². The number of hydrogen-bond donors (Lipinski definition) is 8. The summed E-state index contributed by atoms with van der Waals surface area (Å²) < 4.78 is 0. The zero-order chi connectivity index (χ0) is 51.4. The second-order valence-corrected chi connectivity index (χ2v) is 18.3. The number of Topliss-reactive ketones (excluding diaryl/α,β-unsaturated/α-hetero) is 4. The summed E-state index contributed by atoms with van der Waals surface area (Å²) in [7, 11) is 0. The number of fused-ring (bicyclic) bond motifs is 12. The highest BCUT2D eigenvalue weighted by Gasteiger charge is 2.18. The number of phenolic OH excluding ortho intramolecular Hbond substituents is 4. The molecular weight excluding hydrogens is 905 g/mol. The number of aromatic hydroxyl groups is 4. The molecule has 0 fully saturated rings. The first-order chi connectivity index (χ1) is 34.4. The van der Waals surface area contributed by atoms with Crippen LogP contribution in [-0.4, -0.2) is 63.5 Å². The third kappa shape index (κ3) is 8.22. The summed E-state index contributed by atoms with van der Waals surface area (Å²) in [5, 5.41) is 48.7. The van der Waals surface area contributed by atoms with Crippen molar-refractivity contribution in [2.24, 2.45) is 0 Å². The molecule has 8 aromatic carbocycles. The van der Waals surface area contributed by atoms with Crippen LogP contribution in [0.4, 0.5) is 0 Å². The van der Waals surface area contributed by atoms with Gasteiger partial charge in [-0.05, 0) is 102 Å². The molecule has 12 nitrogen and oxygen atoms in total. The summed E-state index contributed by atoms with van der Waals surface area (Å²) >= 11 is 0. The third-order valence-corrected chi connectivity index (χ3v) is 13.5. The molecule has 0 radical (unpaired) electrons. The third-order valence-electron chi connectivity index (χ3n) is 13.5. The van der Waals surface area contributed by atoms with E-state index in [4.69, 9.17) is 0 Å². The van der Waals surface area contributed by atoms with E-state index in [-0.39, 0.29) is 46.1 Å². The maximum atomic E-state index is 11.4. The number of aromatic amines is 4. The number of benzene rings is 8. The number of phenols is 4. The van der Waals surface area contributed by atoms with Crippen LogP contribution in [0.2, 0.25) is 0 Å². The lowest BCUT2D eigenvalue weighted by Crippen LogP contribution is -1.92. The molecular formula is C60H52N4O8. The number of aromatic nitrogens is 4. The van der Waals surface area contributed by atoms with Crippen LogP contribution in [0.1, 0.15) is 91.4 Å². The second kappa shape index (κ2) is 18.6. The van der Waals surface area contributed by atoms with Crippen molar-refractivity contribution in [1.82, 2.24) is 19.9 Å². The minimum absolute atomic E-state index is 0.0376. The van der Waals surface area contributed by atoms with E-state index in [0.717, 1.165) is 87.4 Å². The number of hydrogen-bond acceptors (Lipinski definition) is 8. The smallest absolute Gasteiger partial charge is 0.163 e. The maximum absolute atomic E-state index is 11.4. The zero-order valence-corrected chi connectivity index (χ0v) is 41.0. The fourth-order valence-electron chi connectivity index (χ4n) is 9.64. The molecule has 0 spiro atoms. The topological polar surface area (TPSA) is 212 Å². The lowest BCUT2D eigenvalue weighted by atomic mass is 10.1. The molecule has 0 atom stereocenters. The molecule has 8 N–H and O–H groups in total. The molecule has 12 aromatic rings. The number of aryl methyl sites for hydroxylation is 4. The molecule has 0 aliphatic heterocycles. The van der Waals surface area contributed by atoms with Gasteiger partial charge in [-0.1, -0.05) is 97.1 Å². The number of para-hydroxylation sites is 4. The maximum Gasteiger partial charge on any atom is 0.163 e. The van der Waals surface area contributed by atoms with Crippen molar-refractivity contribution in [3.05, 3.63) is 166 Å². The average Bonchev–Trinajstić information content (AvgIpc) is 4.13. The van der Waals surface area contributed by atoms with E-state index >= 15 is 0 Å². The van der Waals surface area contributed by atoms with Gasteiger partial charge in [0.1, 0.15) is 23.0 Å². The number of nitrogens with one attached hydrogen (secondary N) is 4. The summed E-state index contributed by atoms with van der Waals surface area (Å²) in [5.74, 6) is -0.387. The predicted molar refractivity (Wildman–Crippen MR) is 289 cm³/mol. The van der Waals surface area contributed by atoms with Gasteiger partial charge < -0.3 is 40.4 Å². The van der Waals surface area contributed by atoms with E-state index in [2.05, 4.69) is 19.9 Å². The summed E-state index contributed by atoms with van der Waals surface area (Å²) in [5.41, 5.74) is 12.4. The molecule has 0 bridgehead atoms. The summed E-state index contributed by atoms with van der Waals surface area (Å²) in [6, 6.07) is 38.3. The Balaban J connectivity index is 0.000000119. The van der Waals surface area contributed by atoms with Gasteiger partial charge in [-0.25, -0.2) is 0 Å². The van der Waals surface area contributed by atoms with Gasteiger partial charge in [0.15, 0.2) is 23.1 Å². The molecule has 360 valence electrons. The standard InChI is InChI=1S/4C15H13NO2/c4*1-8-4-3-5-11-12-7-6-10(9(2)17)15(18)14(12)16-13(8)11/h4*3-7,16,18H,1-2H3. The van der Waals surface area contributed by atoms with Crippen molar-refractivity contribution in [2.45, 2.75) is 55.4 Å². The van der Waals surface area contributed by atoms with E-state index in [1.807, 2.05) is 125 Å². The van der Waals surface area contributed by atoms with Crippen molar-refractivity contribution >= 4 is 110 Å². The van der Waals surface area contributed by atoms with Crippen molar-refractivity contribution < 1.29 is 39.6 Å². The molecule has 0 unspecified atom stereocenters. The molecule has 0 aliphatic rings. The Morgan fingerprint density at radius 2 is 0.458 bits per heavy atom. The fourth-order valence-corrected chi connectivity index (χ4v) is 9.64. The van der Waals surface area contributed by atoms with E-state index < -0.39 is 0 Å². The average molecular weight is 957 g/mol. The summed E-state index contributed by atoms with van der Waals surface area (Å²) in [6.45, 7) is 13.9. The molecule has 0 amide bonds. The highest BCUT2D eigenvalue weighted by molar-refractivity contribution is 6.16. The van der Waals surface area contributed by atoms with Crippen LogP contribution in [0.5, 0.6) is 23.0 Å².